The van der Waals surface area contributed by atoms with Crippen molar-refractivity contribution in [3.05, 3.63) is 29.8 Å². The second-order valence-electron chi connectivity index (χ2n) is 4.30. The highest BCUT2D eigenvalue weighted by molar-refractivity contribution is 5.92. The average Bonchev–Trinajstić information content (AvgIpc) is 2.87. The fourth-order valence-electron chi connectivity index (χ4n) is 1.78. The second kappa shape index (κ2) is 5.02. The molecule has 100 valence electrons. The molecular weight excluding hydrogens is 246 g/mol. The molecular formula is C11H15N7O. The quantitative estimate of drug-likeness (QED) is 0.532. The van der Waals surface area contributed by atoms with Gasteiger partial charge >= 0.3 is 0 Å². The Morgan fingerprint density at radius 1 is 1.42 bits per heavy atom. The lowest BCUT2D eigenvalue weighted by Crippen LogP contribution is -2.15. The minimum atomic E-state index is -0.538. The summed E-state index contributed by atoms with van der Waals surface area (Å²) in [5, 5.41) is 4.08. The predicted molar refractivity (Wildman–Crippen MR) is 69.6 cm³/mol. The first-order valence-corrected chi connectivity index (χ1v) is 5.71. The van der Waals surface area contributed by atoms with Crippen molar-refractivity contribution in [1.82, 2.24) is 19.7 Å². The molecule has 0 aliphatic rings. The van der Waals surface area contributed by atoms with Crippen LogP contribution >= 0.6 is 0 Å². The minimum Gasteiger partial charge on any atom is -0.366 e. The highest BCUT2D eigenvalue weighted by Gasteiger charge is 2.17. The lowest BCUT2D eigenvalue weighted by atomic mass is 10.0. The Kier molecular flexibility index (Phi) is 3.43. The van der Waals surface area contributed by atoms with Crippen LogP contribution in [0.3, 0.4) is 0 Å². The lowest BCUT2D eigenvalue weighted by molar-refractivity contribution is 0.100. The van der Waals surface area contributed by atoms with Crippen LogP contribution in [0.25, 0.3) is 5.82 Å². The number of nitrogens with zero attached hydrogens (tertiary/aromatic N) is 4. The van der Waals surface area contributed by atoms with Gasteiger partial charge in [0.2, 0.25) is 0 Å². The summed E-state index contributed by atoms with van der Waals surface area (Å²) < 4.78 is 1.48. The summed E-state index contributed by atoms with van der Waals surface area (Å²) in [6.07, 6.45) is 4.29. The summed E-state index contributed by atoms with van der Waals surface area (Å²) >= 11 is 0. The maximum absolute atomic E-state index is 11.1. The molecule has 0 aromatic carbocycles. The first kappa shape index (κ1) is 13.0. The van der Waals surface area contributed by atoms with E-state index in [4.69, 9.17) is 11.6 Å². The fraction of sp³-hybridized carbons (Fsp3) is 0.273. The number of carbonyl (C=O) groups excluding carboxylic acids is 1. The van der Waals surface area contributed by atoms with Crippen LogP contribution in [0.5, 0.6) is 0 Å². The van der Waals surface area contributed by atoms with E-state index in [1.807, 2.05) is 13.8 Å². The Morgan fingerprint density at radius 2 is 2.16 bits per heavy atom. The average molecular weight is 261 g/mol. The molecule has 0 aliphatic heterocycles. The van der Waals surface area contributed by atoms with E-state index in [1.165, 1.54) is 23.4 Å². The van der Waals surface area contributed by atoms with Crippen molar-refractivity contribution in [3.8, 4) is 5.82 Å². The van der Waals surface area contributed by atoms with Gasteiger partial charge in [-0.05, 0) is 5.92 Å². The number of aromatic nitrogens is 4. The first-order chi connectivity index (χ1) is 9.04. The van der Waals surface area contributed by atoms with Gasteiger partial charge in [-0.1, -0.05) is 13.8 Å². The van der Waals surface area contributed by atoms with Gasteiger partial charge in [-0.3, -0.25) is 4.79 Å². The zero-order valence-corrected chi connectivity index (χ0v) is 10.7. The molecule has 2 aromatic heterocycles. The monoisotopic (exact) mass is 261 g/mol. The number of anilines is 1. The van der Waals surface area contributed by atoms with E-state index >= 15 is 0 Å². The van der Waals surface area contributed by atoms with Crippen LogP contribution in [0, 0.1) is 0 Å². The smallest absolute Gasteiger partial charge is 0.251 e. The standard InChI is InChI=1S/C11H15N7O/c1-6(2)8-10(17-13)14-5-15-11(8)18-4-7(3-16-18)9(12)19/h3-6H,13H2,1-2H3,(H2,12,19)(H,14,15,17). The molecule has 1 amide bonds. The molecule has 5 N–H and O–H groups in total. The summed E-state index contributed by atoms with van der Waals surface area (Å²) in [5.41, 5.74) is 8.86. The molecule has 0 saturated heterocycles. The van der Waals surface area contributed by atoms with Gasteiger partial charge in [0, 0.05) is 11.8 Å². The SMILES string of the molecule is CC(C)c1c(NN)ncnc1-n1cc(C(N)=O)cn1. The number of nitrogens with two attached hydrogens (primary N) is 2. The zero-order chi connectivity index (χ0) is 14.0. The Hall–Kier alpha value is -2.48. The van der Waals surface area contributed by atoms with Gasteiger partial charge in [-0.25, -0.2) is 20.5 Å². The van der Waals surface area contributed by atoms with E-state index in [2.05, 4.69) is 20.5 Å². The molecule has 0 radical (unpaired) electrons. The number of hydrazine groups is 1. The number of carbonyl (C=O) groups is 1. The summed E-state index contributed by atoms with van der Waals surface area (Å²) in [5.74, 6) is 6.12. The molecule has 19 heavy (non-hydrogen) atoms. The fourth-order valence-corrected chi connectivity index (χ4v) is 1.78. The lowest BCUT2D eigenvalue weighted by Gasteiger charge is -2.14. The number of hydrogen-bond acceptors (Lipinski definition) is 6. The number of rotatable bonds is 4. The topological polar surface area (TPSA) is 125 Å². The van der Waals surface area contributed by atoms with E-state index in [0.717, 1.165) is 5.56 Å². The van der Waals surface area contributed by atoms with Crippen LogP contribution in [0.4, 0.5) is 5.82 Å². The third kappa shape index (κ3) is 2.38. The maximum atomic E-state index is 11.1. The van der Waals surface area contributed by atoms with E-state index in [9.17, 15) is 4.79 Å². The maximum Gasteiger partial charge on any atom is 0.251 e. The largest absolute Gasteiger partial charge is 0.366 e. The van der Waals surface area contributed by atoms with Crippen molar-refractivity contribution >= 4 is 11.7 Å². The Labute approximate surface area is 109 Å². The van der Waals surface area contributed by atoms with E-state index < -0.39 is 5.91 Å². The molecule has 2 aromatic rings. The van der Waals surface area contributed by atoms with Gasteiger partial charge in [-0.2, -0.15) is 5.10 Å². The van der Waals surface area contributed by atoms with Gasteiger partial charge < -0.3 is 11.2 Å². The molecule has 2 rings (SSSR count). The van der Waals surface area contributed by atoms with Crippen molar-refractivity contribution in [3.63, 3.8) is 0 Å². The number of hydrogen-bond donors (Lipinski definition) is 3. The van der Waals surface area contributed by atoms with Crippen molar-refractivity contribution in [2.24, 2.45) is 11.6 Å². The molecule has 2 heterocycles. The number of nitrogens with one attached hydrogen (secondary N) is 1. The van der Waals surface area contributed by atoms with Crippen molar-refractivity contribution in [2.75, 3.05) is 5.43 Å². The van der Waals surface area contributed by atoms with E-state index in [-0.39, 0.29) is 5.92 Å². The summed E-state index contributed by atoms with van der Waals surface area (Å²) in [6.45, 7) is 3.98. The van der Waals surface area contributed by atoms with Gasteiger partial charge in [0.15, 0.2) is 5.82 Å². The Bertz CT molecular complexity index is 605. The van der Waals surface area contributed by atoms with Crippen molar-refractivity contribution < 1.29 is 4.79 Å². The van der Waals surface area contributed by atoms with Gasteiger partial charge in [0.05, 0.1) is 11.8 Å². The molecule has 0 saturated carbocycles. The second-order valence-corrected chi connectivity index (χ2v) is 4.30. The van der Waals surface area contributed by atoms with E-state index in [1.54, 1.807) is 0 Å². The third-order valence-corrected chi connectivity index (χ3v) is 2.66. The molecule has 0 spiro atoms. The van der Waals surface area contributed by atoms with Crippen LogP contribution in [0.15, 0.2) is 18.7 Å². The van der Waals surface area contributed by atoms with Crippen LogP contribution in [-0.4, -0.2) is 25.7 Å². The molecule has 0 unspecified atom stereocenters. The van der Waals surface area contributed by atoms with Gasteiger partial charge in [-0.15, -0.1) is 0 Å². The van der Waals surface area contributed by atoms with Crippen molar-refractivity contribution in [1.29, 1.82) is 0 Å². The highest BCUT2D eigenvalue weighted by atomic mass is 16.1. The predicted octanol–water partition coefficient (Wildman–Crippen LogP) is 0.170. The zero-order valence-electron chi connectivity index (χ0n) is 10.7. The minimum absolute atomic E-state index is 0.128. The highest BCUT2D eigenvalue weighted by Crippen LogP contribution is 2.26. The van der Waals surface area contributed by atoms with Crippen LogP contribution in [0.1, 0.15) is 35.7 Å². The molecule has 0 bridgehead atoms. The molecule has 0 atom stereocenters. The number of primary amides is 1. The van der Waals surface area contributed by atoms with Crippen LogP contribution < -0.4 is 17.0 Å². The number of amides is 1. The normalized spacial score (nSPS) is 10.7. The summed E-state index contributed by atoms with van der Waals surface area (Å²) in [4.78, 5) is 19.4. The molecule has 0 fully saturated rings. The van der Waals surface area contributed by atoms with Gasteiger partial charge in [0.25, 0.3) is 5.91 Å². The summed E-state index contributed by atoms with van der Waals surface area (Å²) in [6, 6.07) is 0. The van der Waals surface area contributed by atoms with Gasteiger partial charge in [0.1, 0.15) is 12.1 Å². The van der Waals surface area contributed by atoms with E-state index in [0.29, 0.717) is 17.2 Å². The van der Waals surface area contributed by atoms with Crippen LogP contribution in [0.2, 0.25) is 0 Å². The van der Waals surface area contributed by atoms with Crippen LogP contribution in [-0.2, 0) is 0 Å². The van der Waals surface area contributed by atoms with Crippen molar-refractivity contribution in [2.45, 2.75) is 19.8 Å². The summed E-state index contributed by atoms with van der Waals surface area (Å²) in [7, 11) is 0. The number of nitrogen functional groups attached to an aromatic ring is 1. The third-order valence-electron chi connectivity index (χ3n) is 2.66. The molecule has 0 aliphatic carbocycles. The molecule has 8 heteroatoms. The Morgan fingerprint density at radius 3 is 2.68 bits per heavy atom. The molecule has 8 nitrogen and oxygen atoms in total. The Balaban J connectivity index is 2.57. The first-order valence-electron chi connectivity index (χ1n) is 5.71.